The van der Waals surface area contributed by atoms with E-state index in [4.69, 9.17) is 4.52 Å². The molecule has 0 bridgehead atoms. The zero-order valence-electron chi connectivity index (χ0n) is 9.73. The van der Waals surface area contributed by atoms with Gasteiger partial charge in [-0.3, -0.25) is 4.90 Å². The van der Waals surface area contributed by atoms with Crippen molar-refractivity contribution in [2.45, 2.75) is 45.1 Å². The molecule has 4 heteroatoms. The average Bonchev–Trinajstić information content (AvgIpc) is 2.69. The molecule has 15 heavy (non-hydrogen) atoms. The lowest BCUT2D eigenvalue weighted by molar-refractivity contribution is 0.0961. The standard InChI is InChI=1S/C11H19N3O/c1-11(2,3)14-6-4-9(5-7-14)10-12-8-13-15-10/h8-9H,4-7H2,1-3H3. The van der Waals surface area contributed by atoms with Crippen LogP contribution in [-0.2, 0) is 0 Å². The third-order valence-electron chi connectivity index (χ3n) is 3.17. The van der Waals surface area contributed by atoms with Crippen molar-refractivity contribution >= 4 is 0 Å². The van der Waals surface area contributed by atoms with Crippen molar-refractivity contribution in [3.05, 3.63) is 12.2 Å². The van der Waals surface area contributed by atoms with Crippen molar-refractivity contribution in [3.8, 4) is 0 Å². The largest absolute Gasteiger partial charge is 0.339 e. The number of rotatable bonds is 1. The van der Waals surface area contributed by atoms with Crippen LogP contribution < -0.4 is 0 Å². The molecule has 0 atom stereocenters. The second kappa shape index (κ2) is 3.93. The molecule has 0 amide bonds. The lowest BCUT2D eigenvalue weighted by Crippen LogP contribution is -2.45. The molecule has 0 aliphatic carbocycles. The van der Waals surface area contributed by atoms with E-state index in [1.165, 1.54) is 6.33 Å². The van der Waals surface area contributed by atoms with E-state index in [2.05, 4.69) is 35.8 Å². The average molecular weight is 209 g/mol. The van der Waals surface area contributed by atoms with Gasteiger partial charge in [0.2, 0.25) is 5.89 Å². The maximum absolute atomic E-state index is 5.11. The quantitative estimate of drug-likeness (QED) is 0.710. The summed E-state index contributed by atoms with van der Waals surface area (Å²) < 4.78 is 5.11. The van der Waals surface area contributed by atoms with Gasteiger partial charge >= 0.3 is 0 Å². The number of likely N-dealkylation sites (tertiary alicyclic amines) is 1. The molecule has 1 aliphatic rings. The summed E-state index contributed by atoms with van der Waals surface area (Å²) >= 11 is 0. The van der Waals surface area contributed by atoms with Gasteiger partial charge in [-0.2, -0.15) is 4.98 Å². The molecule has 2 rings (SSSR count). The van der Waals surface area contributed by atoms with E-state index >= 15 is 0 Å². The van der Waals surface area contributed by atoms with Crippen LogP contribution >= 0.6 is 0 Å². The van der Waals surface area contributed by atoms with Crippen molar-refractivity contribution in [1.29, 1.82) is 0 Å². The molecular weight excluding hydrogens is 190 g/mol. The molecule has 0 aromatic carbocycles. The maximum atomic E-state index is 5.11. The molecule has 0 saturated carbocycles. The highest BCUT2D eigenvalue weighted by atomic mass is 16.5. The Kier molecular flexibility index (Phi) is 2.78. The Hall–Kier alpha value is -0.900. The molecule has 0 spiro atoms. The van der Waals surface area contributed by atoms with Gasteiger partial charge in [-0.25, -0.2) is 0 Å². The van der Waals surface area contributed by atoms with E-state index in [1.54, 1.807) is 0 Å². The van der Waals surface area contributed by atoms with Crippen molar-refractivity contribution in [2.75, 3.05) is 13.1 Å². The minimum absolute atomic E-state index is 0.278. The van der Waals surface area contributed by atoms with Crippen LogP contribution in [0.25, 0.3) is 0 Å². The Morgan fingerprint density at radius 2 is 2.00 bits per heavy atom. The van der Waals surface area contributed by atoms with Gasteiger partial charge in [-0.05, 0) is 46.7 Å². The van der Waals surface area contributed by atoms with Crippen LogP contribution in [0.3, 0.4) is 0 Å². The Bertz CT molecular complexity index is 294. The van der Waals surface area contributed by atoms with Gasteiger partial charge in [-0.1, -0.05) is 5.16 Å². The summed E-state index contributed by atoms with van der Waals surface area (Å²) in [7, 11) is 0. The van der Waals surface area contributed by atoms with Crippen molar-refractivity contribution in [3.63, 3.8) is 0 Å². The minimum Gasteiger partial charge on any atom is -0.339 e. The molecule has 1 aromatic rings. The highest BCUT2D eigenvalue weighted by molar-refractivity contribution is 4.94. The molecule has 1 saturated heterocycles. The summed E-state index contributed by atoms with van der Waals surface area (Å²) in [5, 5.41) is 3.67. The van der Waals surface area contributed by atoms with Gasteiger partial charge in [0, 0.05) is 11.5 Å². The number of nitrogens with zero attached hydrogens (tertiary/aromatic N) is 3. The van der Waals surface area contributed by atoms with Crippen LogP contribution in [0.15, 0.2) is 10.9 Å². The first-order valence-corrected chi connectivity index (χ1v) is 5.59. The van der Waals surface area contributed by atoms with Crippen molar-refractivity contribution in [2.24, 2.45) is 0 Å². The van der Waals surface area contributed by atoms with Gasteiger partial charge in [0.15, 0.2) is 6.33 Å². The molecule has 0 radical (unpaired) electrons. The van der Waals surface area contributed by atoms with E-state index in [1.807, 2.05) is 0 Å². The predicted octanol–water partition coefficient (Wildman–Crippen LogP) is 2.05. The molecule has 1 aromatic heterocycles. The van der Waals surface area contributed by atoms with Crippen LogP contribution in [0.1, 0.15) is 45.4 Å². The summed E-state index contributed by atoms with van der Waals surface area (Å²) in [5.74, 6) is 1.27. The summed E-state index contributed by atoms with van der Waals surface area (Å²) in [4.78, 5) is 6.64. The Balaban J connectivity index is 1.93. The molecule has 2 heterocycles. The van der Waals surface area contributed by atoms with E-state index in [0.717, 1.165) is 31.8 Å². The molecule has 84 valence electrons. The number of aromatic nitrogens is 2. The Labute approximate surface area is 90.7 Å². The third kappa shape index (κ3) is 2.37. The monoisotopic (exact) mass is 209 g/mol. The zero-order chi connectivity index (χ0) is 10.9. The highest BCUT2D eigenvalue weighted by Gasteiger charge is 2.29. The van der Waals surface area contributed by atoms with Crippen LogP contribution in [-0.4, -0.2) is 33.7 Å². The third-order valence-corrected chi connectivity index (χ3v) is 3.17. The van der Waals surface area contributed by atoms with Crippen LogP contribution in [0.2, 0.25) is 0 Å². The van der Waals surface area contributed by atoms with E-state index < -0.39 is 0 Å². The number of hydrogen-bond donors (Lipinski definition) is 0. The Morgan fingerprint density at radius 1 is 1.33 bits per heavy atom. The SMILES string of the molecule is CC(C)(C)N1CCC(c2ncno2)CC1. The number of piperidine rings is 1. The molecule has 0 unspecified atom stereocenters. The lowest BCUT2D eigenvalue weighted by Gasteiger charge is -2.40. The van der Waals surface area contributed by atoms with E-state index in [9.17, 15) is 0 Å². The van der Waals surface area contributed by atoms with Gasteiger partial charge < -0.3 is 4.52 Å². The lowest BCUT2D eigenvalue weighted by atomic mass is 9.93. The fourth-order valence-corrected chi connectivity index (χ4v) is 2.16. The Morgan fingerprint density at radius 3 is 2.47 bits per heavy atom. The summed E-state index contributed by atoms with van der Waals surface area (Å²) in [5.41, 5.74) is 0.278. The van der Waals surface area contributed by atoms with Crippen LogP contribution in [0.4, 0.5) is 0 Å². The number of hydrogen-bond acceptors (Lipinski definition) is 4. The first kappa shape index (κ1) is 10.6. The zero-order valence-corrected chi connectivity index (χ0v) is 9.73. The molecule has 4 nitrogen and oxygen atoms in total. The van der Waals surface area contributed by atoms with Crippen LogP contribution in [0.5, 0.6) is 0 Å². The first-order valence-electron chi connectivity index (χ1n) is 5.59. The maximum Gasteiger partial charge on any atom is 0.229 e. The van der Waals surface area contributed by atoms with Crippen molar-refractivity contribution < 1.29 is 4.52 Å². The van der Waals surface area contributed by atoms with E-state index in [0.29, 0.717) is 5.92 Å². The van der Waals surface area contributed by atoms with E-state index in [-0.39, 0.29) is 5.54 Å². The highest BCUT2D eigenvalue weighted by Crippen LogP contribution is 2.29. The topological polar surface area (TPSA) is 42.2 Å². The smallest absolute Gasteiger partial charge is 0.229 e. The van der Waals surface area contributed by atoms with Gasteiger partial charge in [0.25, 0.3) is 0 Å². The minimum atomic E-state index is 0.278. The second-order valence-corrected chi connectivity index (χ2v) is 5.21. The molecule has 0 N–H and O–H groups in total. The van der Waals surface area contributed by atoms with Gasteiger partial charge in [0.05, 0.1) is 0 Å². The summed E-state index contributed by atoms with van der Waals surface area (Å²) in [6.45, 7) is 9.03. The van der Waals surface area contributed by atoms with Gasteiger partial charge in [0.1, 0.15) is 0 Å². The van der Waals surface area contributed by atoms with Crippen molar-refractivity contribution in [1.82, 2.24) is 15.0 Å². The fraction of sp³-hybridized carbons (Fsp3) is 0.818. The van der Waals surface area contributed by atoms with Crippen LogP contribution in [0, 0.1) is 0 Å². The molecule has 1 aliphatic heterocycles. The first-order chi connectivity index (χ1) is 7.07. The second-order valence-electron chi connectivity index (χ2n) is 5.21. The molecular formula is C11H19N3O. The normalized spacial score (nSPS) is 20.7. The summed E-state index contributed by atoms with van der Waals surface area (Å²) in [6, 6.07) is 0. The van der Waals surface area contributed by atoms with Gasteiger partial charge in [-0.15, -0.1) is 0 Å². The fourth-order valence-electron chi connectivity index (χ4n) is 2.16. The summed E-state index contributed by atoms with van der Waals surface area (Å²) in [6.07, 6.45) is 3.74. The molecule has 1 fully saturated rings. The predicted molar refractivity (Wildman–Crippen MR) is 57.6 cm³/mol.